The molecule has 0 unspecified atom stereocenters. The van der Waals surface area contributed by atoms with E-state index in [0.29, 0.717) is 0 Å². The molecule has 0 saturated carbocycles. The Balaban J connectivity index is 1.71. The zero-order chi connectivity index (χ0) is 17.3. The van der Waals surface area contributed by atoms with E-state index >= 15 is 0 Å². The number of aromatic nitrogens is 2. The van der Waals surface area contributed by atoms with Crippen molar-refractivity contribution in [2.75, 3.05) is 0 Å². The summed E-state index contributed by atoms with van der Waals surface area (Å²) in [5.74, 6) is 0. The first-order valence-electron chi connectivity index (χ1n) is 8.56. The van der Waals surface area contributed by atoms with Gasteiger partial charge in [-0.2, -0.15) is 0 Å². The van der Waals surface area contributed by atoms with Crippen LogP contribution in [0.5, 0.6) is 0 Å². The molecule has 0 bridgehead atoms. The highest BCUT2D eigenvalue weighted by atomic mass is 32.1. The molecule has 0 aliphatic heterocycles. The number of thiophene rings is 1. The second-order valence-corrected chi connectivity index (χ2v) is 7.14. The Hall–Kier alpha value is -3.17. The van der Waals surface area contributed by atoms with Gasteiger partial charge < -0.3 is 4.98 Å². The topological polar surface area (TPSA) is 28.7 Å². The number of para-hydroxylation sites is 1. The van der Waals surface area contributed by atoms with Gasteiger partial charge in [-0.3, -0.25) is 4.98 Å². The molecule has 3 aromatic heterocycles. The van der Waals surface area contributed by atoms with Crippen LogP contribution in [0.3, 0.4) is 0 Å². The average Bonchev–Trinajstić information content (AvgIpc) is 3.38. The minimum Gasteiger partial charge on any atom is -0.354 e. The average molecular weight is 352 g/mol. The van der Waals surface area contributed by atoms with Gasteiger partial charge in [0, 0.05) is 38.8 Å². The Kier molecular flexibility index (Phi) is 3.65. The van der Waals surface area contributed by atoms with Crippen LogP contribution in [0.1, 0.15) is 0 Å². The van der Waals surface area contributed by atoms with E-state index in [1.807, 2.05) is 18.3 Å². The fraction of sp³-hybridized carbons (Fsp3) is 0. The van der Waals surface area contributed by atoms with Crippen molar-refractivity contribution in [3.05, 3.63) is 90.4 Å². The van der Waals surface area contributed by atoms with Crippen LogP contribution in [0.2, 0.25) is 0 Å². The molecule has 5 rings (SSSR count). The van der Waals surface area contributed by atoms with Crippen LogP contribution >= 0.6 is 11.3 Å². The summed E-state index contributed by atoms with van der Waals surface area (Å²) in [7, 11) is 0. The quantitative estimate of drug-likeness (QED) is 0.388. The maximum Gasteiger partial charge on any atom is 0.0708 e. The molecule has 3 heteroatoms. The predicted octanol–water partition coefficient (Wildman–Crippen LogP) is 6.63. The lowest BCUT2D eigenvalue weighted by Gasteiger charge is -2.07. The van der Waals surface area contributed by atoms with Gasteiger partial charge in [-0.15, -0.1) is 11.3 Å². The number of pyridine rings is 1. The van der Waals surface area contributed by atoms with E-state index in [1.54, 1.807) is 11.3 Å². The van der Waals surface area contributed by atoms with Crippen molar-refractivity contribution in [3.8, 4) is 33.0 Å². The lowest BCUT2D eigenvalue weighted by molar-refractivity contribution is 1.32. The SMILES string of the molecule is c1ccc(-c2ccccc2-c2cc3cccc(-c4cccs4)c3[nH]2)nc1. The number of benzene rings is 2. The zero-order valence-corrected chi connectivity index (χ0v) is 14.8. The third-order valence-electron chi connectivity index (χ3n) is 4.60. The third-order valence-corrected chi connectivity index (χ3v) is 5.50. The highest BCUT2D eigenvalue weighted by Crippen LogP contribution is 2.36. The fourth-order valence-corrected chi connectivity index (χ4v) is 4.16. The molecule has 26 heavy (non-hydrogen) atoms. The number of fused-ring (bicyclic) bond motifs is 1. The molecular formula is C23H16N2S. The molecule has 0 fully saturated rings. The first kappa shape index (κ1) is 15.1. The Morgan fingerprint density at radius 2 is 1.58 bits per heavy atom. The first-order chi connectivity index (χ1) is 12.9. The number of nitrogens with one attached hydrogen (secondary N) is 1. The molecule has 0 atom stereocenters. The van der Waals surface area contributed by atoms with E-state index in [1.165, 1.54) is 26.9 Å². The lowest BCUT2D eigenvalue weighted by atomic mass is 10.0. The van der Waals surface area contributed by atoms with E-state index in [4.69, 9.17) is 0 Å². The minimum atomic E-state index is 0.986. The molecular weight excluding hydrogens is 336 g/mol. The number of aromatic amines is 1. The van der Waals surface area contributed by atoms with Crippen LogP contribution in [0.15, 0.2) is 90.4 Å². The van der Waals surface area contributed by atoms with Gasteiger partial charge in [-0.1, -0.05) is 54.6 Å². The van der Waals surface area contributed by atoms with Gasteiger partial charge in [0.1, 0.15) is 0 Å². The molecule has 0 amide bonds. The minimum absolute atomic E-state index is 0.986. The van der Waals surface area contributed by atoms with Gasteiger partial charge in [0.15, 0.2) is 0 Å². The third kappa shape index (κ3) is 2.54. The predicted molar refractivity (Wildman–Crippen MR) is 110 cm³/mol. The second kappa shape index (κ2) is 6.28. The van der Waals surface area contributed by atoms with E-state index in [-0.39, 0.29) is 0 Å². The van der Waals surface area contributed by atoms with Gasteiger partial charge in [0.25, 0.3) is 0 Å². The van der Waals surface area contributed by atoms with E-state index in [9.17, 15) is 0 Å². The van der Waals surface area contributed by atoms with Crippen LogP contribution in [-0.4, -0.2) is 9.97 Å². The lowest BCUT2D eigenvalue weighted by Crippen LogP contribution is -1.87. The van der Waals surface area contributed by atoms with Gasteiger partial charge >= 0.3 is 0 Å². The summed E-state index contributed by atoms with van der Waals surface area (Å²) in [6, 6.07) is 27.4. The molecule has 3 heterocycles. The van der Waals surface area contributed by atoms with Gasteiger partial charge in [0.05, 0.1) is 11.2 Å². The molecule has 0 aliphatic carbocycles. The zero-order valence-electron chi connectivity index (χ0n) is 14.0. The molecule has 124 valence electrons. The fourth-order valence-electron chi connectivity index (χ4n) is 3.40. The Morgan fingerprint density at radius 1 is 0.731 bits per heavy atom. The van der Waals surface area contributed by atoms with Gasteiger partial charge in [-0.25, -0.2) is 0 Å². The summed E-state index contributed by atoms with van der Waals surface area (Å²) in [5.41, 5.74) is 6.84. The number of rotatable bonds is 3. The Bertz CT molecular complexity index is 1170. The summed E-state index contributed by atoms with van der Waals surface area (Å²) < 4.78 is 0. The van der Waals surface area contributed by atoms with Crippen molar-refractivity contribution in [2.45, 2.75) is 0 Å². The number of hydrogen-bond donors (Lipinski definition) is 1. The van der Waals surface area contributed by atoms with E-state index in [0.717, 1.165) is 17.0 Å². The largest absolute Gasteiger partial charge is 0.354 e. The number of H-pyrrole nitrogens is 1. The first-order valence-corrected chi connectivity index (χ1v) is 9.44. The van der Waals surface area contributed by atoms with Crippen molar-refractivity contribution in [1.29, 1.82) is 0 Å². The van der Waals surface area contributed by atoms with E-state index in [2.05, 4.69) is 82.1 Å². The summed E-state index contributed by atoms with van der Waals surface area (Å²) in [6.07, 6.45) is 1.84. The molecule has 1 N–H and O–H groups in total. The molecule has 0 aliphatic rings. The summed E-state index contributed by atoms with van der Waals surface area (Å²) in [5, 5.41) is 3.34. The van der Waals surface area contributed by atoms with Crippen LogP contribution in [0, 0.1) is 0 Å². The van der Waals surface area contributed by atoms with Gasteiger partial charge in [-0.05, 0) is 29.6 Å². The highest BCUT2D eigenvalue weighted by molar-refractivity contribution is 7.13. The van der Waals surface area contributed by atoms with Crippen molar-refractivity contribution >= 4 is 22.2 Å². The number of nitrogens with zero attached hydrogens (tertiary/aromatic N) is 1. The second-order valence-electron chi connectivity index (χ2n) is 6.19. The highest BCUT2D eigenvalue weighted by Gasteiger charge is 2.12. The summed E-state index contributed by atoms with van der Waals surface area (Å²) >= 11 is 1.77. The molecule has 0 radical (unpaired) electrons. The molecule has 0 spiro atoms. The Morgan fingerprint density at radius 3 is 2.38 bits per heavy atom. The van der Waals surface area contributed by atoms with Gasteiger partial charge in [0.2, 0.25) is 0 Å². The Labute approximate surface area is 155 Å². The monoisotopic (exact) mass is 352 g/mol. The van der Waals surface area contributed by atoms with Crippen LogP contribution < -0.4 is 0 Å². The number of hydrogen-bond acceptors (Lipinski definition) is 2. The summed E-state index contributed by atoms with van der Waals surface area (Å²) in [6.45, 7) is 0. The normalized spacial score (nSPS) is 11.1. The van der Waals surface area contributed by atoms with Crippen molar-refractivity contribution in [3.63, 3.8) is 0 Å². The van der Waals surface area contributed by atoms with Crippen LogP contribution in [-0.2, 0) is 0 Å². The maximum atomic E-state index is 4.54. The van der Waals surface area contributed by atoms with Crippen LogP contribution in [0.4, 0.5) is 0 Å². The molecule has 2 aromatic carbocycles. The van der Waals surface area contributed by atoms with Crippen molar-refractivity contribution < 1.29 is 0 Å². The standard InChI is InChI=1S/C23H16N2S/c1-2-9-18(17(8-1)20-11-3-4-13-24-20)21-15-16-7-5-10-19(23(16)25-21)22-12-6-14-26-22/h1-15,25H. The smallest absolute Gasteiger partial charge is 0.0708 e. The molecule has 5 aromatic rings. The molecule has 2 nitrogen and oxygen atoms in total. The van der Waals surface area contributed by atoms with Crippen LogP contribution in [0.25, 0.3) is 43.9 Å². The van der Waals surface area contributed by atoms with Crippen molar-refractivity contribution in [1.82, 2.24) is 9.97 Å². The maximum absolute atomic E-state index is 4.54. The van der Waals surface area contributed by atoms with Crippen molar-refractivity contribution in [2.24, 2.45) is 0 Å². The molecule has 0 saturated heterocycles. The van der Waals surface area contributed by atoms with E-state index < -0.39 is 0 Å². The summed E-state index contributed by atoms with van der Waals surface area (Å²) in [4.78, 5) is 9.47.